The monoisotopic (exact) mass is 252 g/mol. The normalized spacial score (nSPS) is 20.1. The lowest BCUT2D eigenvalue weighted by Crippen LogP contribution is -2.49. The first-order chi connectivity index (χ1) is 8.69. The highest BCUT2D eigenvalue weighted by Gasteiger charge is 2.29. The Balaban J connectivity index is 2.26. The van der Waals surface area contributed by atoms with Crippen LogP contribution in [0.15, 0.2) is 6.20 Å². The predicted molar refractivity (Wildman–Crippen MR) is 68.2 cm³/mol. The Morgan fingerprint density at radius 2 is 2.39 bits per heavy atom. The fourth-order valence-electron chi connectivity index (χ4n) is 2.27. The van der Waals surface area contributed by atoms with Crippen LogP contribution in [0.2, 0.25) is 0 Å². The van der Waals surface area contributed by atoms with Gasteiger partial charge in [0, 0.05) is 13.1 Å². The molecule has 0 radical (unpaired) electrons. The van der Waals surface area contributed by atoms with Crippen LogP contribution in [0.5, 0.6) is 0 Å². The lowest BCUT2D eigenvalue weighted by atomic mass is 10.1. The molecule has 1 atom stereocenters. The molecule has 0 saturated carbocycles. The summed E-state index contributed by atoms with van der Waals surface area (Å²) in [6, 6.07) is 0.130. The van der Waals surface area contributed by atoms with Crippen LogP contribution in [0, 0.1) is 0 Å². The van der Waals surface area contributed by atoms with E-state index in [4.69, 9.17) is 10.5 Å². The number of nitrogen functional groups attached to an aromatic ring is 1. The summed E-state index contributed by atoms with van der Waals surface area (Å²) >= 11 is 0. The molecule has 0 aromatic carbocycles. The molecule has 0 spiro atoms. The van der Waals surface area contributed by atoms with Gasteiger partial charge in [-0.1, -0.05) is 6.92 Å². The maximum absolute atomic E-state index is 12.6. The van der Waals surface area contributed by atoms with Crippen LogP contribution in [0.3, 0.4) is 0 Å². The number of hydrogen-bond acceptors (Lipinski definition) is 4. The SMILES string of the molecule is CCC1COCCN1C(=O)c1c(N)cnn1CC. The highest BCUT2D eigenvalue weighted by atomic mass is 16.5. The third kappa shape index (κ3) is 2.20. The molecule has 6 nitrogen and oxygen atoms in total. The smallest absolute Gasteiger partial charge is 0.274 e. The minimum Gasteiger partial charge on any atom is -0.396 e. The minimum atomic E-state index is -0.0398. The van der Waals surface area contributed by atoms with Crippen LogP contribution >= 0.6 is 0 Å². The summed E-state index contributed by atoms with van der Waals surface area (Å²) in [5.74, 6) is -0.0398. The van der Waals surface area contributed by atoms with Crippen LogP contribution in [-0.4, -0.2) is 46.4 Å². The molecule has 2 heterocycles. The van der Waals surface area contributed by atoms with E-state index < -0.39 is 0 Å². The zero-order valence-electron chi connectivity index (χ0n) is 10.9. The number of hydrogen-bond donors (Lipinski definition) is 1. The van der Waals surface area contributed by atoms with Gasteiger partial charge < -0.3 is 15.4 Å². The first kappa shape index (κ1) is 12.9. The topological polar surface area (TPSA) is 73.4 Å². The molecule has 1 fully saturated rings. The van der Waals surface area contributed by atoms with Crippen molar-refractivity contribution in [2.24, 2.45) is 0 Å². The van der Waals surface area contributed by atoms with Crippen molar-refractivity contribution < 1.29 is 9.53 Å². The molecule has 1 aromatic heterocycles. The second-order valence-corrected chi connectivity index (χ2v) is 4.40. The number of anilines is 1. The van der Waals surface area contributed by atoms with E-state index >= 15 is 0 Å². The van der Waals surface area contributed by atoms with Crippen molar-refractivity contribution in [3.05, 3.63) is 11.9 Å². The summed E-state index contributed by atoms with van der Waals surface area (Å²) in [4.78, 5) is 14.4. The molecule has 6 heteroatoms. The molecule has 2 N–H and O–H groups in total. The van der Waals surface area contributed by atoms with E-state index in [0.717, 1.165) is 6.42 Å². The van der Waals surface area contributed by atoms with Gasteiger partial charge in [0.1, 0.15) is 5.69 Å². The van der Waals surface area contributed by atoms with Gasteiger partial charge in [-0.15, -0.1) is 0 Å². The molecule has 1 amide bonds. The number of aryl methyl sites for hydroxylation is 1. The third-order valence-electron chi connectivity index (χ3n) is 3.33. The van der Waals surface area contributed by atoms with Crippen LogP contribution in [0.25, 0.3) is 0 Å². The number of amides is 1. The molecular weight excluding hydrogens is 232 g/mol. The first-order valence-electron chi connectivity index (χ1n) is 6.39. The third-order valence-corrected chi connectivity index (χ3v) is 3.33. The summed E-state index contributed by atoms with van der Waals surface area (Å²) < 4.78 is 7.06. The molecule has 1 aliphatic rings. The average molecular weight is 252 g/mol. The number of rotatable bonds is 3. The van der Waals surface area contributed by atoms with Gasteiger partial charge in [0.2, 0.25) is 0 Å². The van der Waals surface area contributed by atoms with Gasteiger partial charge in [0.25, 0.3) is 5.91 Å². The van der Waals surface area contributed by atoms with Crippen LogP contribution < -0.4 is 5.73 Å². The molecule has 18 heavy (non-hydrogen) atoms. The number of carbonyl (C=O) groups excluding carboxylic acids is 1. The van der Waals surface area contributed by atoms with Gasteiger partial charge in [-0.05, 0) is 13.3 Å². The molecule has 0 bridgehead atoms. The van der Waals surface area contributed by atoms with E-state index in [1.165, 1.54) is 6.20 Å². The number of aromatic nitrogens is 2. The van der Waals surface area contributed by atoms with E-state index in [0.29, 0.717) is 37.7 Å². The zero-order valence-corrected chi connectivity index (χ0v) is 10.9. The molecule has 0 aliphatic carbocycles. The maximum Gasteiger partial charge on any atom is 0.274 e. The summed E-state index contributed by atoms with van der Waals surface area (Å²) in [5.41, 5.74) is 6.79. The summed E-state index contributed by atoms with van der Waals surface area (Å²) in [6.07, 6.45) is 2.42. The molecule has 1 aliphatic heterocycles. The van der Waals surface area contributed by atoms with E-state index in [9.17, 15) is 4.79 Å². The number of morpholine rings is 1. The van der Waals surface area contributed by atoms with Gasteiger partial charge >= 0.3 is 0 Å². The van der Waals surface area contributed by atoms with Crippen molar-refractivity contribution in [1.29, 1.82) is 0 Å². The maximum atomic E-state index is 12.6. The summed E-state index contributed by atoms with van der Waals surface area (Å²) in [5, 5.41) is 4.11. The Kier molecular flexibility index (Phi) is 3.86. The minimum absolute atomic E-state index is 0.0398. The molecular formula is C12H20N4O2. The Bertz CT molecular complexity index is 430. The van der Waals surface area contributed by atoms with Crippen molar-refractivity contribution in [3.63, 3.8) is 0 Å². The van der Waals surface area contributed by atoms with Crippen molar-refractivity contribution in [1.82, 2.24) is 14.7 Å². The quantitative estimate of drug-likeness (QED) is 0.861. The molecule has 1 saturated heterocycles. The van der Waals surface area contributed by atoms with E-state index in [1.807, 2.05) is 11.8 Å². The van der Waals surface area contributed by atoms with Crippen LogP contribution in [0.4, 0.5) is 5.69 Å². The molecule has 100 valence electrons. The second-order valence-electron chi connectivity index (χ2n) is 4.40. The molecule has 1 unspecified atom stereocenters. The predicted octanol–water partition coefficient (Wildman–Crippen LogP) is 0.736. The molecule has 2 rings (SSSR count). The van der Waals surface area contributed by atoms with E-state index in [2.05, 4.69) is 12.0 Å². The summed E-state index contributed by atoms with van der Waals surface area (Å²) in [6.45, 7) is 6.44. The van der Waals surface area contributed by atoms with E-state index in [-0.39, 0.29) is 11.9 Å². The standard InChI is InChI=1S/C12H20N4O2/c1-3-9-8-18-6-5-15(9)12(17)11-10(13)7-14-16(11)4-2/h7,9H,3-6,8,13H2,1-2H3. The Labute approximate surface area is 107 Å². The van der Waals surface area contributed by atoms with Gasteiger partial charge in [0.15, 0.2) is 0 Å². The fraction of sp³-hybridized carbons (Fsp3) is 0.667. The number of carbonyl (C=O) groups is 1. The van der Waals surface area contributed by atoms with Crippen LogP contribution in [-0.2, 0) is 11.3 Å². The number of nitrogens with zero attached hydrogens (tertiary/aromatic N) is 3. The second kappa shape index (κ2) is 5.39. The Hall–Kier alpha value is -1.56. The van der Waals surface area contributed by atoms with Crippen molar-refractivity contribution in [3.8, 4) is 0 Å². The van der Waals surface area contributed by atoms with Crippen molar-refractivity contribution in [2.45, 2.75) is 32.9 Å². The lowest BCUT2D eigenvalue weighted by molar-refractivity contribution is -0.00335. The van der Waals surface area contributed by atoms with Crippen molar-refractivity contribution in [2.75, 3.05) is 25.5 Å². The largest absolute Gasteiger partial charge is 0.396 e. The zero-order chi connectivity index (χ0) is 13.1. The summed E-state index contributed by atoms with van der Waals surface area (Å²) in [7, 11) is 0. The Morgan fingerprint density at radius 1 is 1.61 bits per heavy atom. The van der Waals surface area contributed by atoms with Crippen molar-refractivity contribution >= 4 is 11.6 Å². The highest BCUT2D eigenvalue weighted by molar-refractivity contribution is 5.97. The first-order valence-corrected chi connectivity index (χ1v) is 6.39. The van der Waals surface area contributed by atoms with Gasteiger partial charge in [0.05, 0.1) is 31.1 Å². The van der Waals surface area contributed by atoms with Gasteiger partial charge in [-0.2, -0.15) is 5.10 Å². The Morgan fingerprint density at radius 3 is 3.06 bits per heavy atom. The molecule has 1 aromatic rings. The van der Waals surface area contributed by atoms with Crippen LogP contribution in [0.1, 0.15) is 30.8 Å². The average Bonchev–Trinajstić information content (AvgIpc) is 2.79. The van der Waals surface area contributed by atoms with Gasteiger partial charge in [-0.3, -0.25) is 9.48 Å². The van der Waals surface area contributed by atoms with Gasteiger partial charge in [-0.25, -0.2) is 0 Å². The number of nitrogens with two attached hydrogens (primary N) is 1. The number of ether oxygens (including phenoxy) is 1. The fourth-order valence-corrected chi connectivity index (χ4v) is 2.27. The van der Waals surface area contributed by atoms with E-state index in [1.54, 1.807) is 4.68 Å². The highest BCUT2D eigenvalue weighted by Crippen LogP contribution is 2.18. The lowest BCUT2D eigenvalue weighted by Gasteiger charge is -2.35.